The van der Waals surface area contributed by atoms with E-state index >= 15 is 0 Å². The van der Waals surface area contributed by atoms with E-state index < -0.39 is 0 Å². The summed E-state index contributed by atoms with van der Waals surface area (Å²) >= 11 is 12.6. The monoisotopic (exact) mass is 329 g/mol. The molecule has 0 saturated heterocycles. The smallest absolute Gasteiger partial charge is 0.0658 e. The van der Waals surface area contributed by atoms with E-state index in [1.807, 2.05) is 18.2 Å². The van der Waals surface area contributed by atoms with Gasteiger partial charge in [0.2, 0.25) is 0 Å². The molecular weight excluding hydrogens is 305 g/mol. The van der Waals surface area contributed by atoms with E-state index in [-0.39, 0.29) is 11.6 Å². The summed E-state index contributed by atoms with van der Waals surface area (Å²) in [4.78, 5) is 2.30. The van der Waals surface area contributed by atoms with Crippen molar-refractivity contribution in [3.05, 3.63) is 33.8 Å². The van der Waals surface area contributed by atoms with Crippen molar-refractivity contribution in [1.29, 1.82) is 0 Å². The lowest BCUT2D eigenvalue weighted by Crippen LogP contribution is -2.57. The van der Waals surface area contributed by atoms with E-state index in [2.05, 4.69) is 31.3 Å². The largest absolute Gasteiger partial charge is 0.302 e. The van der Waals surface area contributed by atoms with Gasteiger partial charge in [0.25, 0.3) is 0 Å². The maximum Gasteiger partial charge on any atom is 0.0658 e. The standard InChI is InChI=1S/C16H25Cl2N3/c1-11-5-4-8-16(10-11,21(2)3)15(20-19)13-9-12(17)6-7-14(13)18/h6-7,9,11,15,20H,4-5,8,10,19H2,1-3H3. The highest BCUT2D eigenvalue weighted by Crippen LogP contribution is 2.45. The van der Waals surface area contributed by atoms with E-state index in [1.165, 1.54) is 12.8 Å². The molecule has 3 nitrogen and oxygen atoms in total. The lowest BCUT2D eigenvalue weighted by atomic mass is 9.69. The molecule has 0 radical (unpaired) electrons. The Labute approximate surface area is 137 Å². The van der Waals surface area contributed by atoms with Gasteiger partial charge in [0.1, 0.15) is 0 Å². The Bertz CT molecular complexity index is 492. The van der Waals surface area contributed by atoms with Crippen LogP contribution in [0, 0.1) is 5.92 Å². The number of nitrogens with one attached hydrogen (secondary N) is 1. The Kier molecular flexibility index (Phi) is 5.55. The van der Waals surface area contributed by atoms with Crippen molar-refractivity contribution in [2.45, 2.75) is 44.2 Å². The second-order valence-corrected chi connectivity index (χ2v) is 7.31. The molecule has 5 heteroatoms. The van der Waals surface area contributed by atoms with Crippen molar-refractivity contribution < 1.29 is 0 Å². The molecule has 118 valence electrons. The van der Waals surface area contributed by atoms with E-state index in [4.69, 9.17) is 29.0 Å². The molecule has 0 aliphatic heterocycles. The van der Waals surface area contributed by atoms with Crippen LogP contribution in [0.4, 0.5) is 0 Å². The number of rotatable bonds is 4. The number of hydrazine groups is 1. The van der Waals surface area contributed by atoms with Crippen molar-refractivity contribution >= 4 is 23.2 Å². The van der Waals surface area contributed by atoms with E-state index in [0.717, 1.165) is 18.4 Å². The van der Waals surface area contributed by atoms with E-state index in [1.54, 1.807) is 0 Å². The summed E-state index contributed by atoms with van der Waals surface area (Å²) in [7, 11) is 4.25. The fourth-order valence-corrected chi connectivity index (χ4v) is 4.17. The van der Waals surface area contributed by atoms with Crippen LogP contribution < -0.4 is 11.3 Å². The molecule has 1 fully saturated rings. The first-order valence-corrected chi connectivity index (χ1v) is 8.25. The average molecular weight is 330 g/mol. The molecular formula is C16H25Cl2N3. The van der Waals surface area contributed by atoms with Gasteiger partial charge in [-0.3, -0.25) is 11.3 Å². The van der Waals surface area contributed by atoms with E-state index in [9.17, 15) is 0 Å². The van der Waals surface area contributed by atoms with Crippen LogP contribution >= 0.6 is 23.2 Å². The number of nitrogens with two attached hydrogens (primary N) is 1. The second kappa shape index (κ2) is 6.84. The van der Waals surface area contributed by atoms with Gasteiger partial charge in [-0.25, -0.2) is 0 Å². The summed E-state index contributed by atoms with van der Waals surface area (Å²) in [6.07, 6.45) is 4.67. The highest BCUT2D eigenvalue weighted by Gasteiger charge is 2.44. The van der Waals surface area contributed by atoms with Gasteiger partial charge < -0.3 is 4.90 Å². The summed E-state index contributed by atoms with van der Waals surface area (Å²) in [5, 5.41) is 1.40. The van der Waals surface area contributed by atoms with Crippen LogP contribution in [0.3, 0.4) is 0 Å². The molecule has 1 aromatic carbocycles. The number of nitrogens with zero attached hydrogens (tertiary/aromatic N) is 1. The Hall–Kier alpha value is -0.320. The molecule has 3 N–H and O–H groups in total. The van der Waals surface area contributed by atoms with Gasteiger partial charge in [-0.2, -0.15) is 0 Å². The molecule has 0 bridgehead atoms. The quantitative estimate of drug-likeness (QED) is 0.647. The van der Waals surface area contributed by atoms with Gasteiger partial charge in [0, 0.05) is 15.6 Å². The molecule has 0 amide bonds. The zero-order valence-corrected chi connectivity index (χ0v) is 14.5. The first kappa shape index (κ1) is 17.0. The van der Waals surface area contributed by atoms with Gasteiger partial charge in [-0.05, 0) is 56.6 Å². The predicted molar refractivity (Wildman–Crippen MR) is 90.6 cm³/mol. The molecule has 1 aliphatic rings. The van der Waals surface area contributed by atoms with Gasteiger partial charge in [0.15, 0.2) is 0 Å². The summed E-state index contributed by atoms with van der Waals surface area (Å²) in [6, 6.07) is 5.55. The van der Waals surface area contributed by atoms with Crippen molar-refractivity contribution in [2.75, 3.05) is 14.1 Å². The van der Waals surface area contributed by atoms with E-state index in [0.29, 0.717) is 16.0 Å². The summed E-state index contributed by atoms with van der Waals surface area (Å²) in [5.74, 6) is 6.62. The minimum Gasteiger partial charge on any atom is -0.302 e. The molecule has 0 heterocycles. The number of hydrogen-bond acceptors (Lipinski definition) is 3. The zero-order chi connectivity index (χ0) is 15.6. The lowest BCUT2D eigenvalue weighted by molar-refractivity contribution is 0.0367. The fraction of sp³-hybridized carbons (Fsp3) is 0.625. The number of hydrogen-bond donors (Lipinski definition) is 2. The van der Waals surface area contributed by atoms with Crippen LogP contribution in [0.5, 0.6) is 0 Å². The molecule has 1 aliphatic carbocycles. The zero-order valence-electron chi connectivity index (χ0n) is 13.0. The minimum atomic E-state index is -0.0409. The van der Waals surface area contributed by atoms with Gasteiger partial charge >= 0.3 is 0 Å². The fourth-order valence-electron chi connectivity index (χ4n) is 3.76. The van der Waals surface area contributed by atoms with Crippen molar-refractivity contribution in [3.63, 3.8) is 0 Å². The molecule has 0 aromatic heterocycles. The van der Waals surface area contributed by atoms with Crippen LogP contribution in [0.15, 0.2) is 18.2 Å². The Morgan fingerprint density at radius 3 is 2.67 bits per heavy atom. The average Bonchev–Trinajstić information content (AvgIpc) is 2.43. The molecule has 1 aromatic rings. The van der Waals surface area contributed by atoms with Gasteiger partial charge in [-0.1, -0.05) is 43.0 Å². The summed E-state index contributed by atoms with van der Waals surface area (Å²) in [5.41, 5.74) is 3.95. The van der Waals surface area contributed by atoms with Crippen molar-refractivity contribution in [1.82, 2.24) is 10.3 Å². The molecule has 2 rings (SSSR count). The summed E-state index contributed by atoms with van der Waals surface area (Å²) < 4.78 is 0. The van der Waals surface area contributed by atoms with Gasteiger partial charge in [-0.15, -0.1) is 0 Å². The highest BCUT2D eigenvalue weighted by atomic mass is 35.5. The third-order valence-corrected chi connectivity index (χ3v) is 5.45. The highest BCUT2D eigenvalue weighted by molar-refractivity contribution is 6.33. The summed E-state index contributed by atoms with van der Waals surface area (Å²) in [6.45, 7) is 2.31. The normalized spacial score (nSPS) is 27.9. The number of halogens is 2. The van der Waals surface area contributed by atoms with Gasteiger partial charge in [0.05, 0.1) is 6.04 Å². The number of likely N-dealkylation sites (N-methyl/N-ethyl adjacent to an activating group) is 1. The van der Waals surface area contributed by atoms with Crippen LogP contribution in [-0.4, -0.2) is 24.5 Å². The first-order valence-electron chi connectivity index (χ1n) is 7.49. The SMILES string of the molecule is CC1CCCC(C(NN)c2cc(Cl)ccc2Cl)(N(C)C)C1. The third kappa shape index (κ3) is 3.38. The van der Waals surface area contributed by atoms with Crippen LogP contribution in [0.25, 0.3) is 0 Å². The van der Waals surface area contributed by atoms with Crippen molar-refractivity contribution in [2.24, 2.45) is 11.8 Å². The Morgan fingerprint density at radius 1 is 1.38 bits per heavy atom. The second-order valence-electron chi connectivity index (χ2n) is 6.47. The maximum atomic E-state index is 6.42. The van der Waals surface area contributed by atoms with Crippen molar-refractivity contribution in [3.8, 4) is 0 Å². The lowest BCUT2D eigenvalue weighted by Gasteiger charge is -2.50. The molecule has 3 unspecified atom stereocenters. The Morgan fingerprint density at radius 2 is 2.10 bits per heavy atom. The minimum absolute atomic E-state index is 0.0403. The Balaban J connectivity index is 2.47. The van der Waals surface area contributed by atoms with Crippen LogP contribution in [-0.2, 0) is 0 Å². The maximum absolute atomic E-state index is 6.42. The molecule has 21 heavy (non-hydrogen) atoms. The first-order chi connectivity index (χ1) is 9.90. The molecule has 1 saturated carbocycles. The topological polar surface area (TPSA) is 41.3 Å². The molecule has 0 spiro atoms. The predicted octanol–water partition coefficient (Wildman–Crippen LogP) is 4.01. The molecule has 3 atom stereocenters. The number of benzene rings is 1. The van der Waals surface area contributed by atoms with Crippen LogP contribution in [0.2, 0.25) is 10.0 Å². The third-order valence-electron chi connectivity index (χ3n) is 4.87. The van der Waals surface area contributed by atoms with Crippen LogP contribution in [0.1, 0.15) is 44.2 Å².